The van der Waals surface area contributed by atoms with Gasteiger partial charge in [0.1, 0.15) is 0 Å². The first kappa shape index (κ1) is 20.5. The first-order valence-electron chi connectivity index (χ1n) is 8.99. The second-order valence-electron chi connectivity index (χ2n) is 6.49. The molecule has 0 amide bonds. The number of phenols is 1. The molecule has 0 aliphatic carbocycles. The van der Waals surface area contributed by atoms with Gasteiger partial charge in [-0.15, -0.1) is 0 Å². The Morgan fingerprint density at radius 3 is 2.48 bits per heavy atom. The summed E-state index contributed by atoms with van der Waals surface area (Å²) in [6, 6.07) is 12.6. The van der Waals surface area contributed by atoms with E-state index in [0.29, 0.717) is 25.0 Å². The summed E-state index contributed by atoms with van der Waals surface area (Å²) in [6.07, 6.45) is 6.41. The molecule has 2 aromatic carbocycles. The molecule has 0 spiro atoms. The highest BCUT2D eigenvalue weighted by atomic mass is 16.5. The molecule has 0 fully saturated rings. The van der Waals surface area contributed by atoms with Gasteiger partial charge in [-0.1, -0.05) is 42.5 Å². The second-order valence-corrected chi connectivity index (χ2v) is 6.49. The molecule has 3 N–H and O–H groups in total. The van der Waals surface area contributed by atoms with Gasteiger partial charge >= 0.3 is 5.97 Å². The minimum absolute atomic E-state index is 0.0308. The molecule has 0 aliphatic heterocycles. The third-order valence-electron chi connectivity index (χ3n) is 4.32. The van der Waals surface area contributed by atoms with Gasteiger partial charge in [-0.25, -0.2) is 0 Å². The maximum atomic E-state index is 10.7. The normalized spacial score (nSPS) is 12.2. The standard InChI is InChI=1S/C22H26O5/c1-27-21-14-17(11-13-20(21)24)10-12-19(23)5-3-2-4-16-6-8-18(9-7-16)15-22(25)26/h2,4,6-9,11,13-14,19,23-24H,3,5,10,12,15H2,1H3,(H,25,26)/b4-2+. The van der Waals surface area contributed by atoms with Crippen molar-refractivity contribution in [3.8, 4) is 11.5 Å². The van der Waals surface area contributed by atoms with Gasteiger partial charge in [0.05, 0.1) is 19.6 Å². The van der Waals surface area contributed by atoms with E-state index in [1.165, 1.54) is 7.11 Å². The van der Waals surface area contributed by atoms with Gasteiger partial charge in [0, 0.05) is 0 Å². The molecular weight excluding hydrogens is 344 g/mol. The predicted octanol–water partition coefficient (Wildman–Crippen LogP) is 3.82. The molecule has 27 heavy (non-hydrogen) atoms. The zero-order chi connectivity index (χ0) is 19.6. The van der Waals surface area contributed by atoms with Gasteiger partial charge in [0.2, 0.25) is 0 Å². The molecule has 2 rings (SSSR count). The van der Waals surface area contributed by atoms with Crippen molar-refractivity contribution in [3.05, 3.63) is 65.2 Å². The van der Waals surface area contributed by atoms with Gasteiger partial charge < -0.3 is 20.1 Å². The van der Waals surface area contributed by atoms with Crippen LogP contribution in [0.5, 0.6) is 11.5 Å². The van der Waals surface area contributed by atoms with Crippen LogP contribution in [0.3, 0.4) is 0 Å². The van der Waals surface area contributed by atoms with Crippen molar-refractivity contribution < 1.29 is 24.9 Å². The number of carboxylic acid groups (broad SMARTS) is 1. The number of carboxylic acids is 1. The summed E-state index contributed by atoms with van der Waals surface area (Å²) in [5.41, 5.74) is 2.80. The van der Waals surface area contributed by atoms with Crippen LogP contribution in [0.2, 0.25) is 0 Å². The van der Waals surface area contributed by atoms with E-state index >= 15 is 0 Å². The number of hydrogen-bond acceptors (Lipinski definition) is 4. The number of methoxy groups -OCH3 is 1. The Kier molecular flexibility index (Phi) is 7.89. The van der Waals surface area contributed by atoms with Crippen LogP contribution < -0.4 is 4.74 Å². The van der Waals surface area contributed by atoms with E-state index in [4.69, 9.17) is 9.84 Å². The summed E-state index contributed by atoms with van der Waals surface area (Å²) in [5, 5.41) is 28.5. The van der Waals surface area contributed by atoms with Crippen LogP contribution in [0.4, 0.5) is 0 Å². The molecule has 0 aliphatic rings. The van der Waals surface area contributed by atoms with Crippen molar-refractivity contribution in [1.82, 2.24) is 0 Å². The number of carbonyl (C=O) groups is 1. The van der Waals surface area contributed by atoms with Gasteiger partial charge in [-0.3, -0.25) is 4.79 Å². The summed E-state index contributed by atoms with van der Waals surface area (Å²) < 4.78 is 5.09. The molecule has 2 aromatic rings. The van der Waals surface area contributed by atoms with E-state index in [0.717, 1.165) is 23.1 Å². The lowest BCUT2D eigenvalue weighted by Crippen LogP contribution is -2.07. The number of aliphatic hydroxyl groups is 1. The molecule has 0 heterocycles. The Labute approximate surface area is 159 Å². The maximum Gasteiger partial charge on any atom is 0.307 e. The van der Waals surface area contributed by atoms with E-state index in [2.05, 4.69) is 0 Å². The van der Waals surface area contributed by atoms with Crippen molar-refractivity contribution in [2.45, 2.75) is 38.2 Å². The van der Waals surface area contributed by atoms with Crippen molar-refractivity contribution in [1.29, 1.82) is 0 Å². The van der Waals surface area contributed by atoms with Crippen molar-refractivity contribution >= 4 is 12.0 Å². The summed E-state index contributed by atoms with van der Waals surface area (Å²) in [4.78, 5) is 10.7. The van der Waals surface area contributed by atoms with Crippen molar-refractivity contribution in [2.75, 3.05) is 7.11 Å². The molecule has 1 unspecified atom stereocenters. The van der Waals surface area contributed by atoms with Gasteiger partial charge in [0.25, 0.3) is 0 Å². The van der Waals surface area contributed by atoms with E-state index in [-0.39, 0.29) is 12.2 Å². The molecule has 0 saturated heterocycles. The van der Waals surface area contributed by atoms with Gasteiger partial charge in [0.15, 0.2) is 11.5 Å². The number of ether oxygens (including phenoxy) is 1. The number of hydrogen-bond donors (Lipinski definition) is 3. The number of phenolic OH excluding ortho intramolecular Hbond substituents is 1. The van der Waals surface area contributed by atoms with Crippen molar-refractivity contribution in [2.24, 2.45) is 0 Å². The van der Waals surface area contributed by atoms with Gasteiger partial charge in [-0.05, 0) is 54.5 Å². The van der Waals surface area contributed by atoms with E-state index in [1.54, 1.807) is 12.1 Å². The highest BCUT2D eigenvalue weighted by Crippen LogP contribution is 2.27. The number of aliphatic hydroxyl groups excluding tert-OH is 1. The van der Waals surface area contributed by atoms with Crippen molar-refractivity contribution in [3.63, 3.8) is 0 Å². The first-order chi connectivity index (χ1) is 13.0. The predicted molar refractivity (Wildman–Crippen MR) is 105 cm³/mol. The zero-order valence-corrected chi connectivity index (χ0v) is 15.5. The highest BCUT2D eigenvalue weighted by Gasteiger charge is 2.07. The Balaban J connectivity index is 1.73. The fourth-order valence-electron chi connectivity index (χ4n) is 2.78. The molecule has 144 valence electrons. The van der Waals surface area contributed by atoms with Crippen LogP contribution >= 0.6 is 0 Å². The number of allylic oxidation sites excluding steroid dienone is 1. The summed E-state index contributed by atoms with van der Waals surface area (Å²) >= 11 is 0. The van der Waals surface area contributed by atoms with Crippen LogP contribution in [-0.2, 0) is 17.6 Å². The number of benzene rings is 2. The summed E-state index contributed by atoms with van der Waals surface area (Å²) in [7, 11) is 1.51. The minimum atomic E-state index is -0.835. The van der Waals surface area contributed by atoms with Crippen LogP contribution in [0.25, 0.3) is 6.08 Å². The van der Waals surface area contributed by atoms with Gasteiger partial charge in [-0.2, -0.15) is 0 Å². The fraction of sp³-hybridized carbons (Fsp3) is 0.318. The Morgan fingerprint density at radius 2 is 1.81 bits per heavy atom. The molecule has 1 atom stereocenters. The Morgan fingerprint density at radius 1 is 1.11 bits per heavy atom. The average molecular weight is 370 g/mol. The summed E-state index contributed by atoms with van der Waals surface area (Å²) in [5.74, 6) is -0.278. The van der Waals surface area contributed by atoms with Crippen LogP contribution in [0.15, 0.2) is 48.5 Å². The number of aromatic hydroxyl groups is 1. The van der Waals surface area contributed by atoms with E-state index in [9.17, 15) is 15.0 Å². The summed E-state index contributed by atoms with van der Waals surface area (Å²) in [6.45, 7) is 0. The smallest absolute Gasteiger partial charge is 0.307 e. The Bertz CT molecular complexity index is 765. The molecular formula is C22H26O5. The molecule has 0 saturated carbocycles. The average Bonchev–Trinajstić information content (AvgIpc) is 2.65. The fourth-order valence-corrected chi connectivity index (χ4v) is 2.78. The minimum Gasteiger partial charge on any atom is -0.504 e. The zero-order valence-electron chi connectivity index (χ0n) is 15.5. The first-order valence-corrected chi connectivity index (χ1v) is 8.99. The van der Waals surface area contributed by atoms with Crippen LogP contribution in [0, 0.1) is 0 Å². The Hall–Kier alpha value is -2.79. The lowest BCUT2D eigenvalue weighted by atomic mass is 10.0. The third kappa shape index (κ3) is 7.15. The number of aryl methyl sites for hydroxylation is 1. The quantitative estimate of drug-likeness (QED) is 0.592. The maximum absolute atomic E-state index is 10.7. The number of aliphatic carboxylic acids is 1. The van der Waals surface area contributed by atoms with Crippen LogP contribution in [-0.4, -0.2) is 34.5 Å². The molecule has 5 nitrogen and oxygen atoms in total. The monoisotopic (exact) mass is 370 g/mol. The van der Waals surface area contributed by atoms with E-state index in [1.807, 2.05) is 42.5 Å². The second kappa shape index (κ2) is 10.4. The molecule has 5 heteroatoms. The SMILES string of the molecule is COc1cc(CCC(O)CC/C=C/c2ccc(CC(=O)O)cc2)ccc1O. The molecule has 0 aromatic heterocycles. The van der Waals surface area contributed by atoms with E-state index < -0.39 is 12.1 Å². The highest BCUT2D eigenvalue weighted by molar-refractivity contribution is 5.70. The van der Waals surface area contributed by atoms with Crippen LogP contribution in [0.1, 0.15) is 36.0 Å². The molecule has 0 bridgehead atoms. The largest absolute Gasteiger partial charge is 0.504 e. The lowest BCUT2D eigenvalue weighted by molar-refractivity contribution is -0.136. The lowest BCUT2D eigenvalue weighted by Gasteiger charge is -2.10. The molecule has 0 radical (unpaired) electrons. The number of rotatable bonds is 10. The topological polar surface area (TPSA) is 87.0 Å². The third-order valence-corrected chi connectivity index (χ3v) is 4.32.